The third-order valence-corrected chi connectivity index (χ3v) is 3.28. The molecule has 3 nitrogen and oxygen atoms in total. The summed E-state index contributed by atoms with van der Waals surface area (Å²) in [7, 11) is 0. The van der Waals surface area contributed by atoms with Gasteiger partial charge in [-0.15, -0.1) is 0 Å². The molecule has 21 heavy (non-hydrogen) atoms. The van der Waals surface area contributed by atoms with E-state index in [2.05, 4.69) is 23.1 Å². The van der Waals surface area contributed by atoms with E-state index in [1.165, 1.54) is 0 Å². The fourth-order valence-corrected chi connectivity index (χ4v) is 2.29. The molecular formula is C16H21F2NO2. The second kappa shape index (κ2) is 7.98. The first kappa shape index (κ1) is 15.8. The van der Waals surface area contributed by atoms with Crippen LogP contribution >= 0.6 is 0 Å². The molecule has 1 aromatic rings. The second-order valence-electron chi connectivity index (χ2n) is 4.93. The number of rotatable bonds is 7. The van der Waals surface area contributed by atoms with Crippen molar-refractivity contribution in [2.75, 3.05) is 13.2 Å². The Hall–Kier alpha value is -1.62. The zero-order valence-corrected chi connectivity index (χ0v) is 12.1. The summed E-state index contributed by atoms with van der Waals surface area (Å²) >= 11 is 0. The molecule has 0 spiro atoms. The van der Waals surface area contributed by atoms with Crippen molar-refractivity contribution >= 4 is 0 Å². The van der Waals surface area contributed by atoms with Gasteiger partial charge in [0.15, 0.2) is 0 Å². The molecule has 0 saturated heterocycles. The fourth-order valence-electron chi connectivity index (χ4n) is 2.29. The molecule has 1 N–H and O–H groups in total. The highest BCUT2D eigenvalue weighted by Crippen LogP contribution is 2.27. The zero-order valence-electron chi connectivity index (χ0n) is 12.1. The molecule has 2 rings (SSSR count). The number of ether oxygens (including phenoxy) is 2. The average Bonchev–Trinajstić information content (AvgIpc) is 2.50. The first-order chi connectivity index (χ1) is 10.2. The van der Waals surface area contributed by atoms with Crippen LogP contribution in [0.5, 0.6) is 5.75 Å². The van der Waals surface area contributed by atoms with Crippen molar-refractivity contribution in [1.82, 2.24) is 5.32 Å². The lowest BCUT2D eigenvalue weighted by Crippen LogP contribution is -2.26. The Balaban J connectivity index is 2.13. The van der Waals surface area contributed by atoms with E-state index in [1.807, 2.05) is 0 Å². The monoisotopic (exact) mass is 297 g/mol. The number of nitrogens with one attached hydrogen (secondary N) is 1. The van der Waals surface area contributed by atoms with Gasteiger partial charge in [-0.25, -0.2) is 0 Å². The maximum atomic E-state index is 12.2. The quantitative estimate of drug-likeness (QED) is 0.824. The highest BCUT2D eigenvalue weighted by atomic mass is 19.3. The van der Waals surface area contributed by atoms with E-state index in [9.17, 15) is 8.78 Å². The number of alkyl halides is 2. The molecule has 0 bridgehead atoms. The van der Waals surface area contributed by atoms with Crippen molar-refractivity contribution < 1.29 is 18.3 Å². The molecule has 5 heteroatoms. The Labute approximate surface area is 123 Å². The average molecular weight is 297 g/mol. The standard InChI is InChI=1S/C16H21F2NO2/c1-2-10-19-15(14-5-3-4-11-20-14)12-6-8-13(9-7-12)21-16(17)18/h5-9,15-16,19H,2-4,10-11H2,1H3. The highest BCUT2D eigenvalue weighted by molar-refractivity contribution is 5.32. The van der Waals surface area contributed by atoms with Gasteiger partial charge in [-0.05, 0) is 49.6 Å². The van der Waals surface area contributed by atoms with Crippen molar-refractivity contribution in [3.05, 3.63) is 41.7 Å². The van der Waals surface area contributed by atoms with E-state index < -0.39 is 6.61 Å². The minimum Gasteiger partial charge on any atom is -0.496 e. The van der Waals surface area contributed by atoms with Gasteiger partial charge in [-0.2, -0.15) is 8.78 Å². The van der Waals surface area contributed by atoms with Gasteiger partial charge in [-0.3, -0.25) is 0 Å². The molecule has 0 amide bonds. The molecule has 1 aliphatic rings. The number of benzene rings is 1. The predicted molar refractivity (Wildman–Crippen MR) is 77.4 cm³/mol. The van der Waals surface area contributed by atoms with E-state index in [0.29, 0.717) is 0 Å². The molecule has 1 heterocycles. The third-order valence-electron chi connectivity index (χ3n) is 3.28. The summed E-state index contributed by atoms with van der Waals surface area (Å²) in [6, 6.07) is 6.68. The molecule has 1 atom stereocenters. The Morgan fingerprint density at radius 2 is 2.05 bits per heavy atom. The van der Waals surface area contributed by atoms with E-state index in [4.69, 9.17) is 4.74 Å². The van der Waals surface area contributed by atoms with E-state index in [0.717, 1.165) is 43.7 Å². The molecule has 0 saturated carbocycles. The van der Waals surface area contributed by atoms with E-state index in [1.54, 1.807) is 24.3 Å². The van der Waals surface area contributed by atoms with Crippen LogP contribution < -0.4 is 10.1 Å². The van der Waals surface area contributed by atoms with E-state index >= 15 is 0 Å². The summed E-state index contributed by atoms with van der Waals surface area (Å²) in [4.78, 5) is 0. The van der Waals surface area contributed by atoms with Crippen LogP contribution in [-0.4, -0.2) is 19.8 Å². The summed E-state index contributed by atoms with van der Waals surface area (Å²) in [6.07, 6.45) is 5.15. The van der Waals surface area contributed by atoms with Gasteiger partial charge in [0.05, 0.1) is 12.6 Å². The molecule has 0 fully saturated rings. The number of hydrogen-bond acceptors (Lipinski definition) is 3. The van der Waals surface area contributed by atoms with Crippen molar-refractivity contribution in [1.29, 1.82) is 0 Å². The molecule has 1 aliphatic heterocycles. The Kier molecular flexibility index (Phi) is 5.99. The fraction of sp³-hybridized carbons (Fsp3) is 0.500. The molecule has 1 aromatic carbocycles. The zero-order chi connectivity index (χ0) is 15.1. The van der Waals surface area contributed by atoms with Crippen LogP contribution in [0.2, 0.25) is 0 Å². The van der Waals surface area contributed by atoms with Gasteiger partial charge in [0.25, 0.3) is 0 Å². The van der Waals surface area contributed by atoms with Gasteiger partial charge in [-0.1, -0.05) is 19.1 Å². The SMILES string of the molecule is CCCNC(C1=CCCCO1)c1ccc(OC(F)F)cc1. The smallest absolute Gasteiger partial charge is 0.387 e. The number of halogens is 2. The Morgan fingerprint density at radius 3 is 2.62 bits per heavy atom. The highest BCUT2D eigenvalue weighted by Gasteiger charge is 2.19. The van der Waals surface area contributed by atoms with Crippen LogP contribution in [0.1, 0.15) is 37.8 Å². The Bertz CT molecular complexity index is 460. The summed E-state index contributed by atoms with van der Waals surface area (Å²) in [5.41, 5.74) is 0.984. The first-order valence-electron chi connectivity index (χ1n) is 7.31. The summed E-state index contributed by atoms with van der Waals surface area (Å²) in [5, 5.41) is 3.43. The van der Waals surface area contributed by atoms with Crippen LogP contribution in [0.15, 0.2) is 36.1 Å². The molecule has 1 unspecified atom stereocenters. The molecule has 0 aromatic heterocycles. The lowest BCUT2D eigenvalue weighted by molar-refractivity contribution is -0.0498. The predicted octanol–water partition coefficient (Wildman–Crippen LogP) is 4.02. The van der Waals surface area contributed by atoms with E-state index in [-0.39, 0.29) is 11.8 Å². The van der Waals surface area contributed by atoms with Crippen LogP contribution in [0.25, 0.3) is 0 Å². The van der Waals surface area contributed by atoms with Gasteiger partial charge in [0, 0.05) is 0 Å². The van der Waals surface area contributed by atoms with Crippen LogP contribution in [0.4, 0.5) is 8.78 Å². The first-order valence-corrected chi connectivity index (χ1v) is 7.31. The van der Waals surface area contributed by atoms with Crippen LogP contribution in [-0.2, 0) is 4.74 Å². The lowest BCUT2D eigenvalue weighted by Gasteiger charge is -2.25. The molecular weight excluding hydrogens is 276 g/mol. The molecule has 116 valence electrons. The van der Waals surface area contributed by atoms with Gasteiger partial charge >= 0.3 is 6.61 Å². The van der Waals surface area contributed by atoms with Crippen molar-refractivity contribution in [2.24, 2.45) is 0 Å². The normalized spacial score (nSPS) is 16.3. The van der Waals surface area contributed by atoms with Crippen molar-refractivity contribution in [3.8, 4) is 5.75 Å². The van der Waals surface area contributed by atoms with Crippen molar-refractivity contribution in [3.63, 3.8) is 0 Å². The maximum Gasteiger partial charge on any atom is 0.387 e. The number of allylic oxidation sites excluding steroid dienone is 1. The Morgan fingerprint density at radius 1 is 1.29 bits per heavy atom. The summed E-state index contributed by atoms with van der Waals surface area (Å²) in [6.45, 7) is 0.887. The van der Waals surface area contributed by atoms with Gasteiger partial charge < -0.3 is 14.8 Å². The molecule has 0 aliphatic carbocycles. The topological polar surface area (TPSA) is 30.5 Å². The molecule has 0 radical (unpaired) electrons. The van der Waals surface area contributed by atoms with Gasteiger partial charge in [0.2, 0.25) is 0 Å². The van der Waals surface area contributed by atoms with Crippen LogP contribution in [0, 0.1) is 0 Å². The third kappa shape index (κ3) is 4.70. The minimum absolute atomic E-state index is 0.0363. The summed E-state index contributed by atoms with van der Waals surface area (Å²) < 4.78 is 34.5. The summed E-state index contributed by atoms with van der Waals surface area (Å²) in [5.74, 6) is 1.08. The number of hydrogen-bond donors (Lipinski definition) is 1. The second-order valence-corrected chi connectivity index (χ2v) is 4.93. The largest absolute Gasteiger partial charge is 0.496 e. The minimum atomic E-state index is -2.80. The van der Waals surface area contributed by atoms with Gasteiger partial charge in [0.1, 0.15) is 11.5 Å². The van der Waals surface area contributed by atoms with Crippen molar-refractivity contribution in [2.45, 2.75) is 38.8 Å². The maximum absolute atomic E-state index is 12.2. The van der Waals surface area contributed by atoms with Crippen LogP contribution in [0.3, 0.4) is 0 Å². The lowest BCUT2D eigenvalue weighted by atomic mass is 10.0.